The summed E-state index contributed by atoms with van der Waals surface area (Å²) in [5.41, 5.74) is 0.528. The van der Waals surface area contributed by atoms with E-state index in [9.17, 15) is 9.59 Å². The topological polar surface area (TPSA) is 59.1 Å². The molecular formula is C20H34N2O4. The highest BCUT2D eigenvalue weighted by Gasteiger charge is 2.51. The van der Waals surface area contributed by atoms with Crippen LogP contribution in [0.2, 0.25) is 0 Å². The maximum atomic E-state index is 10.9. The third-order valence-electron chi connectivity index (χ3n) is 6.78. The Hall–Kier alpha value is -1.56. The normalized spacial score (nSPS) is 37.9. The fourth-order valence-corrected chi connectivity index (χ4v) is 5.16. The van der Waals surface area contributed by atoms with Gasteiger partial charge in [0.2, 0.25) is 0 Å². The Morgan fingerprint density at radius 2 is 1.54 bits per heavy atom. The molecule has 0 amide bonds. The largest absolute Gasteiger partial charge is 0.464 e. The summed E-state index contributed by atoms with van der Waals surface area (Å²) in [7, 11) is 4.22. The fourth-order valence-electron chi connectivity index (χ4n) is 5.16. The van der Waals surface area contributed by atoms with Crippen LogP contribution < -0.4 is 0 Å². The lowest BCUT2D eigenvalue weighted by molar-refractivity contribution is -0.148. The number of rotatable bonds is 6. The first kappa shape index (κ1) is 20.7. The molecule has 0 aliphatic carbocycles. The van der Waals surface area contributed by atoms with E-state index in [-0.39, 0.29) is 28.8 Å². The molecule has 148 valence electrons. The van der Waals surface area contributed by atoms with Gasteiger partial charge in [0, 0.05) is 55.0 Å². The predicted molar refractivity (Wildman–Crippen MR) is 101 cm³/mol. The highest BCUT2D eigenvalue weighted by Crippen LogP contribution is 2.46. The van der Waals surface area contributed by atoms with Gasteiger partial charge in [-0.15, -0.1) is 0 Å². The lowest BCUT2D eigenvalue weighted by Crippen LogP contribution is -2.65. The summed E-state index contributed by atoms with van der Waals surface area (Å²) in [4.78, 5) is 26.4. The third-order valence-corrected chi connectivity index (χ3v) is 6.78. The zero-order chi connectivity index (χ0) is 19.8. The van der Waals surface area contributed by atoms with Gasteiger partial charge in [-0.3, -0.25) is 14.5 Å². The second-order valence-electron chi connectivity index (χ2n) is 9.19. The van der Waals surface area contributed by atoms with Crippen molar-refractivity contribution >= 4 is 12.9 Å². The lowest BCUT2D eigenvalue weighted by atomic mass is 9.69. The zero-order valence-electron chi connectivity index (χ0n) is 17.1. The molecule has 4 atom stereocenters. The molecule has 2 saturated heterocycles. The highest BCUT2D eigenvalue weighted by molar-refractivity contribution is 5.38. The Balaban J connectivity index is 2.30. The van der Waals surface area contributed by atoms with Crippen LogP contribution in [-0.2, 0) is 19.1 Å². The molecule has 0 spiro atoms. The predicted octanol–water partition coefficient (Wildman–Crippen LogP) is 2.72. The van der Waals surface area contributed by atoms with Crippen LogP contribution in [0.25, 0.3) is 0 Å². The van der Waals surface area contributed by atoms with Crippen molar-refractivity contribution in [2.45, 2.75) is 88.6 Å². The number of likely N-dealkylation sites (tertiary alicyclic amines) is 2. The number of carbonyl (C=O) groups excluding carboxylic acids is 2. The summed E-state index contributed by atoms with van der Waals surface area (Å²) < 4.78 is 10.7. The van der Waals surface area contributed by atoms with Gasteiger partial charge in [-0.1, -0.05) is 6.58 Å². The van der Waals surface area contributed by atoms with E-state index in [1.165, 1.54) is 0 Å². The first-order valence-corrected chi connectivity index (χ1v) is 9.31. The first-order valence-electron chi connectivity index (χ1n) is 9.31. The fraction of sp³-hybridized carbons (Fsp3) is 0.800. The Bertz CT molecular complexity index is 564. The molecule has 4 unspecified atom stereocenters. The summed E-state index contributed by atoms with van der Waals surface area (Å²) in [6.45, 7) is 14.1. The van der Waals surface area contributed by atoms with E-state index in [4.69, 9.17) is 9.47 Å². The summed E-state index contributed by atoms with van der Waals surface area (Å²) in [5, 5.41) is 0. The summed E-state index contributed by atoms with van der Waals surface area (Å²) in [6.07, 6.45) is 3.63. The van der Waals surface area contributed by atoms with Crippen LogP contribution in [0, 0.1) is 0 Å². The second-order valence-corrected chi connectivity index (χ2v) is 9.19. The van der Waals surface area contributed by atoms with E-state index >= 15 is 0 Å². The quantitative estimate of drug-likeness (QED) is 0.674. The molecule has 2 rings (SSSR count). The molecule has 0 aromatic heterocycles. The number of ether oxygens (including phenoxy) is 2. The molecule has 6 nitrogen and oxygen atoms in total. The Morgan fingerprint density at radius 3 is 2.12 bits per heavy atom. The summed E-state index contributed by atoms with van der Waals surface area (Å²) in [5.74, 6) is 0. The van der Waals surface area contributed by atoms with Crippen molar-refractivity contribution in [3.8, 4) is 0 Å². The van der Waals surface area contributed by atoms with Gasteiger partial charge in [0.25, 0.3) is 12.9 Å². The van der Waals surface area contributed by atoms with Gasteiger partial charge >= 0.3 is 0 Å². The zero-order valence-corrected chi connectivity index (χ0v) is 17.1. The Morgan fingerprint density at radius 1 is 1.00 bits per heavy atom. The van der Waals surface area contributed by atoms with Crippen molar-refractivity contribution < 1.29 is 19.1 Å². The maximum Gasteiger partial charge on any atom is 0.293 e. The number of carbonyl (C=O) groups is 2. The molecule has 2 aliphatic heterocycles. The van der Waals surface area contributed by atoms with Crippen molar-refractivity contribution in [1.29, 1.82) is 0 Å². The van der Waals surface area contributed by atoms with Crippen LogP contribution in [0.1, 0.15) is 59.8 Å². The van der Waals surface area contributed by atoms with Crippen LogP contribution in [0.3, 0.4) is 0 Å². The van der Waals surface area contributed by atoms with E-state index in [0.717, 1.165) is 31.4 Å². The van der Waals surface area contributed by atoms with Crippen molar-refractivity contribution in [1.82, 2.24) is 9.80 Å². The lowest BCUT2D eigenvalue weighted by Gasteiger charge is -2.59. The molecule has 0 aromatic carbocycles. The minimum atomic E-state index is -0.203. The molecular weight excluding hydrogens is 332 g/mol. The summed E-state index contributed by atoms with van der Waals surface area (Å²) in [6, 6.07) is 0. The second kappa shape index (κ2) is 7.22. The van der Waals surface area contributed by atoms with Crippen LogP contribution in [-0.4, -0.2) is 65.7 Å². The van der Waals surface area contributed by atoms with E-state index < -0.39 is 0 Å². The van der Waals surface area contributed by atoms with Crippen molar-refractivity contribution in [2.24, 2.45) is 0 Å². The smallest absolute Gasteiger partial charge is 0.293 e. The van der Waals surface area contributed by atoms with E-state index in [1.807, 2.05) is 0 Å². The molecule has 0 bridgehead atoms. The highest BCUT2D eigenvalue weighted by atomic mass is 16.5. The van der Waals surface area contributed by atoms with Crippen LogP contribution in [0.15, 0.2) is 12.3 Å². The maximum absolute atomic E-state index is 10.9. The monoisotopic (exact) mass is 366 g/mol. The Kier molecular flexibility index (Phi) is 5.76. The number of hydrogen-bond donors (Lipinski definition) is 0. The van der Waals surface area contributed by atoms with Gasteiger partial charge in [-0.25, -0.2) is 0 Å². The molecule has 26 heavy (non-hydrogen) atoms. The first-order chi connectivity index (χ1) is 12.0. The molecule has 0 radical (unpaired) electrons. The van der Waals surface area contributed by atoms with Crippen molar-refractivity contribution in [2.75, 3.05) is 14.1 Å². The van der Waals surface area contributed by atoms with E-state index in [1.54, 1.807) is 0 Å². The van der Waals surface area contributed by atoms with Gasteiger partial charge in [0.05, 0.1) is 0 Å². The SMILES string of the molecule is C=C1CC(OC=O)CC(C)(CC2(C)CC(OC=O)CC(C)(C)N2C)N1C. The Labute approximate surface area is 157 Å². The molecule has 0 aromatic rings. The average Bonchev–Trinajstić information content (AvgIpc) is 2.50. The number of piperidine rings is 2. The van der Waals surface area contributed by atoms with Crippen LogP contribution >= 0.6 is 0 Å². The minimum absolute atomic E-state index is 0.0834. The molecule has 2 fully saturated rings. The van der Waals surface area contributed by atoms with Crippen LogP contribution in [0.4, 0.5) is 0 Å². The number of hydrogen-bond acceptors (Lipinski definition) is 6. The van der Waals surface area contributed by atoms with Gasteiger partial charge in [-0.05, 0) is 41.2 Å². The van der Waals surface area contributed by atoms with Gasteiger partial charge in [-0.2, -0.15) is 0 Å². The van der Waals surface area contributed by atoms with Gasteiger partial charge < -0.3 is 14.4 Å². The molecule has 2 heterocycles. The average molecular weight is 367 g/mol. The van der Waals surface area contributed by atoms with Crippen molar-refractivity contribution in [3.63, 3.8) is 0 Å². The van der Waals surface area contributed by atoms with Crippen molar-refractivity contribution in [3.05, 3.63) is 12.3 Å². The third kappa shape index (κ3) is 3.90. The van der Waals surface area contributed by atoms with Gasteiger partial charge in [0.1, 0.15) is 12.2 Å². The molecule has 6 heteroatoms. The number of nitrogens with zero attached hydrogens (tertiary/aromatic N) is 2. The molecule has 0 saturated carbocycles. The molecule has 2 aliphatic rings. The minimum Gasteiger partial charge on any atom is -0.464 e. The van der Waals surface area contributed by atoms with E-state index in [2.05, 4.69) is 58.2 Å². The van der Waals surface area contributed by atoms with E-state index in [0.29, 0.717) is 19.4 Å². The standard InChI is InChI=1S/C20H34N2O4/c1-15-8-16(25-13-23)10-19(4,21(15)6)12-20(5)11-17(26-14-24)9-18(2,3)22(20)7/h13-14,16-17H,1,8-12H2,2-7H3. The molecule has 0 N–H and O–H groups in total. The van der Waals surface area contributed by atoms with Gasteiger partial charge in [0.15, 0.2) is 0 Å². The summed E-state index contributed by atoms with van der Waals surface area (Å²) >= 11 is 0. The van der Waals surface area contributed by atoms with Crippen LogP contribution in [0.5, 0.6) is 0 Å².